The molecular formula is C26H35FN6O2. The van der Waals surface area contributed by atoms with E-state index in [-0.39, 0.29) is 23.8 Å². The highest BCUT2D eigenvalue weighted by atomic mass is 19.1. The number of hydrogen-bond donors (Lipinski definition) is 1. The Morgan fingerprint density at radius 1 is 1.06 bits per heavy atom. The van der Waals surface area contributed by atoms with E-state index in [1.165, 1.54) is 16.8 Å². The van der Waals surface area contributed by atoms with Gasteiger partial charge in [-0.3, -0.25) is 9.59 Å². The highest BCUT2D eigenvalue weighted by Gasteiger charge is 2.18. The van der Waals surface area contributed by atoms with E-state index in [1.807, 2.05) is 18.4 Å². The zero-order valence-electron chi connectivity index (χ0n) is 20.9. The molecule has 0 radical (unpaired) electrons. The summed E-state index contributed by atoms with van der Waals surface area (Å²) < 4.78 is 16.5. The van der Waals surface area contributed by atoms with Crippen LogP contribution in [0.4, 0.5) is 4.39 Å². The minimum Gasteiger partial charge on any atom is -0.354 e. The second-order valence-electron chi connectivity index (χ2n) is 9.26. The minimum atomic E-state index is -0.278. The third-order valence-corrected chi connectivity index (χ3v) is 7.04. The molecule has 3 aromatic rings. The van der Waals surface area contributed by atoms with Crippen LogP contribution in [0.1, 0.15) is 30.3 Å². The summed E-state index contributed by atoms with van der Waals surface area (Å²) in [6, 6.07) is 6.35. The van der Waals surface area contributed by atoms with Gasteiger partial charge >= 0.3 is 0 Å². The molecule has 0 saturated carbocycles. The van der Waals surface area contributed by atoms with Crippen molar-refractivity contribution in [3.8, 4) is 0 Å². The van der Waals surface area contributed by atoms with Gasteiger partial charge in [0.1, 0.15) is 12.4 Å². The largest absolute Gasteiger partial charge is 0.354 e. The van der Waals surface area contributed by atoms with Crippen molar-refractivity contribution in [1.29, 1.82) is 0 Å². The van der Waals surface area contributed by atoms with Gasteiger partial charge < -0.3 is 19.7 Å². The summed E-state index contributed by atoms with van der Waals surface area (Å²) in [4.78, 5) is 30.5. The third kappa shape index (κ3) is 5.79. The number of carbonyl (C=O) groups excluding carboxylic acids is 1. The lowest BCUT2D eigenvalue weighted by Gasteiger charge is -2.33. The lowest BCUT2D eigenvalue weighted by atomic mass is 10.2. The molecule has 1 aromatic carbocycles. The molecule has 1 fully saturated rings. The maximum absolute atomic E-state index is 13.3. The number of fused-ring (bicyclic) bond motifs is 1. The number of likely N-dealkylation sites (N-methyl/N-ethyl adjacent to an activating group) is 1. The van der Waals surface area contributed by atoms with Crippen molar-refractivity contribution in [1.82, 2.24) is 29.5 Å². The molecule has 1 amide bonds. The molecule has 188 valence electrons. The lowest BCUT2D eigenvalue weighted by Crippen LogP contribution is -2.46. The van der Waals surface area contributed by atoms with Crippen molar-refractivity contribution in [3.05, 3.63) is 63.6 Å². The fourth-order valence-corrected chi connectivity index (χ4v) is 4.82. The number of benzene rings is 1. The van der Waals surface area contributed by atoms with Gasteiger partial charge in [0.05, 0.1) is 11.6 Å². The quantitative estimate of drug-likeness (QED) is 0.473. The number of halogens is 1. The van der Waals surface area contributed by atoms with E-state index in [0.717, 1.165) is 68.0 Å². The Kier molecular flexibility index (Phi) is 7.97. The molecule has 0 bridgehead atoms. The Bertz CT molecular complexity index is 1230. The summed E-state index contributed by atoms with van der Waals surface area (Å²) in [5.41, 5.74) is 2.40. The number of hydrogen-bond acceptors (Lipinski definition) is 5. The molecule has 1 aliphatic rings. The number of piperazine rings is 1. The van der Waals surface area contributed by atoms with Crippen molar-refractivity contribution in [3.63, 3.8) is 0 Å². The molecule has 0 spiro atoms. The van der Waals surface area contributed by atoms with Gasteiger partial charge in [-0.15, -0.1) is 0 Å². The molecule has 1 N–H and O–H groups in total. The average Bonchev–Trinajstić information content (AvgIpc) is 3.10. The summed E-state index contributed by atoms with van der Waals surface area (Å²) in [7, 11) is 0. The molecule has 8 nitrogen and oxygen atoms in total. The Morgan fingerprint density at radius 2 is 1.74 bits per heavy atom. The van der Waals surface area contributed by atoms with Crippen LogP contribution in [0, 0.1) is 19.7 Å². The van der Waals surface area contributed by atoms with Crippen LogP contribution in [-0.2, 0) is 17.9 Å². The molecular weight excluding hydrogens is 447 g/mol. The first kappa shape index (κ1) is 25.1. The number of amides is 1. The van der Waals surface area contributed by atoms with Gasteiger partial charge in [-0.2, -0.15) is 5.10 Å². The first-order valence-electron chi connectivity index (χ1n) is 12.4. The van der Waals surface area contributed by atoms with E-state index in [2.05, 4.69) is 27.1 Å². The molecule has 35 heavy (non-hydrogen) atoms. The molecule has 2 aromatic heterocycles. The van der Waals surface area contributed by atoms with E-state index < -0.39 is 0 Å². The summed E-state index contributed by atoms with van der Waals surface area (Å²) in [5, 5.41) is 8.53. The Morgan fingerprint density at radius 3 is 2.43 bits per heavy atom. The second-order valence-corrected chi connectivity index (χ2v) is 9.26. The number of carbonyl (C=O) groups is 1. The monoisotopic (exact) mass is 482 g/mol. The normalized spacial score (nSPS) is 15.1. The zero-order valence-corrected chi connectivity index (χ0v) is 20.9. The van der Waals surface area contributed by atoms with Crippen LogP contribution in [0.5, 0.6) is 0 Å². The van der Waals surface area contributed by atoms with Crippen LogP contribution in [0.15, 0.2) is 35.3 Å². The van der Waals surface area contributed by atoms with Crippen molar-refractivity contribution in [2.45, 2.75) is 40.3 Å². The van der Waals surface area contributed by atoms with Crippen LogP contribution in [-0.4, -0.2) is 75.9 Å². The van der Waals surface area contributed by atoms with Gasteiger partial charge in [-0.25, -0.2) is 9.07 Å². The Labute approximate surface area is 205 Å². The van der Waals surface area contributed by atoms with Crippen LogP contribution in [0.25, 0.3) is 10.8 Å². The molecule has 9 heteroatoms. The van der Waals surface area contributed by atoms with E-state index in [1.54, 1.807) is 18.3 Å². The predicted octanol–water partition coefficient (Wildman–Crippen LogP) is 2.15. The molecule has 4 rings (SSSR count). The maximum Gasteiger partial charge on any atom is 0.276 e. The van der Waals surface area contributed by atoms with Crippen molar-refractivity contribution < 1.29 is 9.18 Å². The molecule has 0 unspecified atom stereocenters. The van der Waals surface area contributed by atoms with E-state index in [4.69, 9.17) is 0 Å². The fourth-order valence-electron chi connectivity index (χ4n) is 4.82. The van der Waals surface area contributed by atoms with Gasteiger partial charge in [-0.1, -0.05) is 19.1 Å². The predicted molar refractivity (Wildman–Crippen MR) is 135 cm³/mol. The van der Waals surface area contributed by atoms with Crippen molar-refractivity contribution >= 4 is 16.7 Å². The SMILES string of the molecule is CCN1CCN(CCCNC(=O)Cn2ncc3c(C)n(Cc4ccc(F)cc4)c(C)c3c2=O)CC1. The van der Waals surface area contributed by atoms with E-state index in [9.17, 15) is 14.0 Å². The number of aryl methyl sites for hydroxylation is 2. The number of nitrogens with one attached hydrogen (secondary N) is 1. The summed E-state index contributed by atoms with van der Waals surface area (Å²) in [5.74, 6) is -0.491. The van der Waals surface area contributed by atoms with Crippen LogP contribution in [0.3, 0.4) is 0 Å². The maximum atomic E-state index is 13.3. The van der Waals surface area contributed by atoms with Gasteiger partial charge in [0.2, 0.25) is 5.91 Å². The zero-order chi connectivity index (χ0) is 24.9. The first-order chi connectivity index (χ1) is 16.9. The standard InChI is InChI=1S/C26H35FN6O2/c1-4-30-12-14-31(15-13-30)11-5-10-28-24(34)18-33-26(35)25-20(3)32(19(2)23(25)16-29-33)17-21-6-8-22(27)9-7-21/h6-9,16H,4-5,10-15,17-18H2,1-3H3,(H,28,34). The topological polar surface area (TPSA) is 75.4 Å². The summed E-state index contributed by atoms with van der Waals surface area (Å²) >= 11 is 0. The van der Waals surface area contributed by atoms with Gasteiger partial charge in [0.15, 0.2) is 0 Å². The highest BCUT2D eigenvalue weighted by Crippen LogP contribution is 2.23. The van der Waals surface area contributed by atoms with E-state index >= 15 is 0 Å². The summed E-state index contributed by atoms with van der Waals surface area (Å²) in [6.45, 7) is 13.4. The van der Waals surface area contributed by atoms with Gasteiger partial charge in [-0.05, 0) is 51.1 Å². The summed E-state index contributed by atoms with van der Waals surface area (Å²) in [6.07, 6.45) is 2.53. The Balaban J connectivity index is 1.36. The molecule has 0 aliphatic carbocycles. The van der Waals surface area contributed by atoms with Crippen LogP contribution < -0.4 is 10.9 Å². The van der Waals surface area contributed by atoms with Crippen LogP contribution in [0.2, 0.25) is 0 Å². The number of rotatable bonds is 9. The van der Waals surface area contributed by atoms with Gasteiger partial charge in [0.25, 0.3) is 5.56 Å². The number of nitrogens with zero attached hydrogens (tertiary/aromatic N) is 5. The second kappa shape index (κ2) is 11.1. The molecule has 1 aliphatic heterocycles. The minimum absolute atomic E-state index is 0.106. The van der Waals surface area contributed by atoms with E-state index in [0.29, 0.717) is 18.5 Å². The molecule has 3 heterocycles. The molecule has 0 atom stereocenters. The highest BCUT2D eigenvalue weighted by molar-refractivity contribution is 5.87. The lowest BCUT2D eigenvalue weighted by molar-refractivity contribution is -0.121. The van der Waals surface area contributed by atoms with Crippen molar-refractivity contribution in [2.75, 3.05) is 45.8 Å². The van der Waals surface area contributed by atoms with Crippen LogP contribution >= 0.6 is 0 Å². The fraction of sp³-hybridized carbons (Fsp3) is 0.500. The van der Waals surface area contributed by atoms with Gasteiger partial charge in [0, 0.05) is 56.0 Å². The third-order valence-electron chi connectivity index (χ3n) is 7.04. The smallest absolute Gasteiger partial charge is 0.276 e. The molecule has 1 saturated heterocycles. The average molecular weight is 483 g/mol. The first-order valence-corrected chi connectivity index (χ1v) is 12.4. The van der Waals surface area contributed by atoms with Crippen molar-refractivity contribution in [2.24, 2.45) is 0 Å². The number of aromatic nitrogens is 3. The Hall–Kier alpha value is -3.04.